The second-order valence-electron chi connectivity index (χ2n) is 3.20. The fourth-order valence-corrected chi connectivity index (χ4v) is 1.24. The summed E-state index contributed by atoms with van der Waals surface area (Å²) in [5, 5.41) is 19.7. The third-order valence-electron chi connectivity index (χ3n) is 1.98. The van der Waals surface area contributed by atoms with Gasteiger partial charge in [0.05, 0.1) is 16.1 Å². The summed E-state index contributed by atoms with van der Waals surface area (Å²) in [4.78, 5) is 20.4. The molecule has 0 amide bonds. The highest BCUT2D eigenvalue weighted by Gasteiger charge is 2.35. The van der Waals surface area contributed by atoms with E-state index in [2.05, 4.69) is 0 Å². The SMILES string of the molecule is CC(=O)c1cc(C(F)(F)F)cc(O)c1[N+](=O)[O-]. The molecule has 0 aromatic heterocycles. The van der Waals surface area contributed by atoms with Crippen LogP contribution in [-0.4, -0.2) is 15.8 Å². The molecule has 0 radical (unpaired) electrons. The Morgan fingerprint density at radius 2 is 1.94 bits per heavy atom. The molecule has 0 bridgehead atoms. The molecule has 1 rings (SSSR count). The molecule has 8 heteroatoms. The third-order valence-corrected chi connectivity index (χ3v) is 1.98. The molecule has 0 unspecified atom stereocenters. The molecule has 0 aliphatic heterocycles. The Morgan fingerprint density at radius 1 is 1.41 bits per heavy atom. The first-order valence-electron chi connectivity index (χ1n) is 4.24. The lowest BCUT2D eigenvalue weighted by molar-refractivity contribution is -0.386. The van der Waals surface area contributed by atoms with Crippen molar-refractivity contribution in [3.63, 3.8) is 0 Å². The molecular formula is C9H6F3NO4. The Kier molecular flexibility index (Phi) is 3.08. The van der Waals surface area contributed by atoms with Gasteiger partial charge in [0.25, 0.3) is 0 Å². The molecule has 17 heavy (non-hydrogen) atoms. The minimum Gasteiger partial charge on any atom is -0.502 e. The van der Waals surface area contributed by atoms with Crippen LogP contribution in [0.1, 0.15) is 22.8 Å². The number of nitrogens with zero attached hydrogens (tertiary/aromatic N) is 1. The first-order chi connectivity index (χ1) is 7.64. The number of aromatic hydroxyl groups is 1. The number of nitro benzene ring substituents is 1. The van der Waals surface area contributed by atoms with Gasteiger partial charge in [0.15, 0.2) is 11.5 Å². The third kappa shape index (κ3) is 2.52. The Bertz CT molecular complexity index is 496. The predicted octanol–water partition coefficient (Wildman–Crippen LogP) is 2.52. The van der Waals surface area contributed by atoms with Crippen LogP contribution >= 0.6 is 0 Å². The van der Waals surface area contributed by atoms with Crippen LogP contribution in [0.25, 0.3) is 0 Å². The average molecular weight is 249 g/mol. The lowest BCUT2D eigenvalue weighted by Crippen LogP contribution is -2.09. The first kappa shape index (κ1) is 12.9. The second-order valence-corrected chi connectivity index (χ2v) is 3.20. The van der Waals surface area contributed by atoms with Crippen molar-refractivity contribution in [2.75, 3.05) is 0 Å². The zero-order valence-electron chi connectivity index (χ0n) is 8.41. The van der Waals surface area contributed by atoms with E-state index < -0.39 is 39.4 Å². The molecular weight excluding hydrogens is 243 g/mol. The van der Waals surface area contributed by atoms with Crippen LogP contribution in [0.4, 0.5) is 18.9 Å². The summed E-state index contributed by atoms with van der Waals surface area (Å²) in [7, 11) is 0. The van der Waals surface area contributed by atoms with Gasteiger partial charge < -0.3 is 5.11 Å². The van der Waals surface area contributed by atoms with Crippen LogP contribution < -0.4 is 0 Å². The number of benzene rings is 1. The molecule has 0 aliphatic carbocycles. The summed E-state index contributed by atoms with van der Waals surface area (Å²) < 4.78 is 37.1. The van der Waals surface area contributed by atoms with Gasteiger partial charge in [-0.2, -0.15) is 13.2 Å². The number of rotatable bonds is 2. The highest BCUT2D eigenvalue weighted by Crippen LogP contribution is 2.38. The maximum atomic E-state index is 12.4. The van der Waals surface area contributed by atoms with E-state index >= 15 is 0 Å². The van der Waals surface area contributed by atoms with Crippen molar-refractivity contribution in [1.82, 2.24) is 0 Å². The topological polar surface area (TPSA) is 80.4 Å². The number of ketones is 1. The number of phenols is 1. The Morgan fingerprint density at radius 3 is 2.29 bits per heavy atom. The van der Waals surface area contributed by atoms with E-state index in [9.17, 15) is 28.1 Å². The number of phenolic OH excluding ortho intramolecular Hbond substituents is 1. The molecule has 0 aliphatic rings. The normalized spacial score (nSPS) is 11.3. The first-order valence-corrected chi connectivity index (χ1v) is 4.24. The van der Waals surface area contributed by atoms with Crippen molar-refractivity contribution in [3.8, 4) is 5.75 Å². The molecule has 92 valence electrons. The summed E-state index contributed by atoms with van der Waals surface area (Å²) in [6.45, 7) is 0.877. The molecule has 1 aromatic carbocycles. The van der Waals surface area contributed by atoms with Gasteiger partial charge in [-0.05, 0) is 19.1 Å². The zero-order valence-corrected chi connectivity index (χ0v) is 8.41. The number of hydrogen-bond donors (Lipinski definition) is 1. The predicted molar refractivity (Wildman–Crippen MR) is 49.8 cm³/mol. The van der Waals surface area contributed by atoms with Gasteiger partial charge in [0.1, 0.15) is 0 Å². The fourth-order valence-electron chi connectivity index (χ4n) is 1.24. The molecule has 0 heterocycles. The average Bonchev–Trinajstić information content (AvgIpc) is 2.13. The van der Waals surface area contributed by atoms with Gasteiger partial charge in [-0.3, -0.25) is 14.9 Å². The van der Waals surface area contributed by atoms with Gasteiger partial charge in [-0.1, -0.05) is 0 Å². The van der Waals surface area contributed by atoms with E-state index in [0.29, 0.717) is 6.07 Å². The van der Waals surface area contributed by atoms with Crippen molar-refractivity contribution in [2.24, 2.45) is 0 Å². The minimum absolute atomic E-state index is 0.213. The molecule has 0 saturated carbocycles. The van der Waals surface area contributed by atoms with Crippen LogP contribution in [0.15, 0.2) is 12.1 Å². The van der Waals surface area contributed by atoms with Gasteiger partial charge in [-0.15, -0.1) is 0 Å². The van der Waals surface area contributed by atoms with Crippen molar-refractivity contribution >= 4 is 11.5 Å². The smallest absolute Gasteiger partial charge is 0.416 e. The summed E-state index contributed by atoms with van der Waals surface area (Å²) in [5.41, 5.74) is -3.11. The highest BCUT2D eigenvalue weighted by molar-refractivity contribution is 5.99. The van der Waals surface area contributed by atoms with E-state index in [0.717, 1.165) is 6.92 Å². The number of hydrogen-bond acceptors (Lipinski definition) is 4. The van der Waals surface area contributed by atoms with Gasteiger partial charge >= 0.3 is 11.9 Å². The van der Waals surface area contributed by atoms with Crippen LogP contribution in [0.3, 0.4) is 0 Å². The van der Waals surface area contributed by atoms with E-state index in [4.69, 9.17) is 5.11 Å². The molecule has 5 nitrogen and oxygen atoms in total. The van der Waals surface area contributed by atoms with Crippen LogP contribution in [0, 0.1) is 10.1 Å². The van der Waals surface area contributed by atoms with E-state index in [1.807, 2.05) is 0 Å². The molecule has 0 saturated heterocycles. The number of alkyl halides is 3. The van der Waals surface area contributed by atoms with Gasteiger partial charge in [0, 0.05) is 0 Å². The number of nitro groups is 1. The minimum atomic E-state index is -4.79. The molecule has 0 atom stereocenters. The fraction of sp³-hybridized carbons (Fsp3) is 0.222. The maximum Gasteiger partial charge on any atom is 0.416 e. The lowest BCUT2D eigenvalue weighted by atomic mass is 10.0. The van der Waals surface area contributed by atoms with Crippen molar-refractivity contribution in [2.45, 2.75) is 13.1 Å². The molecule has 1 aromatic rings. The highest BCUT2D eigenvalue weighted by atomic mass is 19.4. The molecule has 0 fully saturated rings. The van der Waals surface area contributed by atoms with Crippen molar-refractivity contribution < 1.29 is 28.0 Å². The second kappa shape index (κ2) is 4.04. The van der Waals surface area contributed by atoms with Crippen molar-refractivity contribution in [3.05, 3.63) is 33.4 Å². The monoisotopic (exact) mass is 249 g/mol. The van der Waals surface area contributed by atoms with Crippen LogP contribution in [-0.2, 0) is 6.18 Å². The Labute approximate surface area is 92.6 Å². The summed E-state index contributed by atoms with van der Waals surface area (Å²) in [6.07, 6.45) is -4.79. The number of carbonyl (C=O) groups is 1. The Hall–Kier alpha value is -2.12. The number of carbonyl (C=O) groups excluding carboxylic acids is 1. The molecule has 1 N–H and O–H groups in total. The number of Topliss-reactive ketones (excluding diaryl/α,β-unsaturated/α-hetero) is 1. The van der Waals surface area contributed by atoms with E-state index in [1.165, 1.54) is 0 Å². The van der Waals surface area contributed by atoms with Gasteiger partial charge in [-0.25, -0.2) is 0 Å². The Balaban J connectivity index is 3.58. The van der Waals surface area contributed by atoms with Crippen molar-refractivity contribution in [1.29, 1.82) is 0 Å². The quantitative estimate of drug-likeness (QED) is 0.496. The van der Waals surface area contributed by atoms with Crippen LogP contribution in [0.2, 0.25) is 0 Å². The van der Waals surface area contributed by atoms with Crippen LogP contribution in [0.5, 0.6) is 5.75 Å². The lowest BCUT2D eigenvalue weighted by Gasteiger charge is -2.09. The molecule has 0 spiro atoms. The summed E-state index contributed by atoms with van der Waals surface area (Å²) in [5.74, 6) is -2.12. The summed E-state index contributed by atoms with van der Waals surface area (Å²) >= 11 is 0. The zero-order chi connectivity index (χ0) is 13.4. The maximum absolute atomic E-state index is 12.4. The largest absolute Gasteiger partial charge is 0.502 e. The summed E-state index contributed by atoms with van der Waals surface area (Å²) in [6, 6.07) is 0.560. The van der Waals surface area contributed by atoms with Gasteiger partial charge in [0.2, 0.25) is 0 Å². The number of halogens is 3. The standard InChI is InChI=1S/C9H6F3NO4/c1-4(14)6-2-5(9(10,11)12)3-7(15)8(6)13(16)17/h2-3,15H,1H3. The van der Waals surface area contributed by atoms with E-state index in [1.54, 1.807) is 0 Å². The van der Waals surface area contributed by atoms with E-state index in [-0.39, 0.29) is 6.07 Å².